The van der Waals surface area contributed by atoms with E-state index in [2.05, 4.69) is 6.07 Å². The van der Waals surface area contributed by atoms with E-state index < -0.39 is 0 Å². The van der Waals surface area contributed by atoms with Crippen molar-refractivity contribution < 1.29 is 28.5 Å². The number of hydrogen-bond donors (Lipinski definition) is 0. The molecule has 0 aliphatic carbocycles. The van der Waals surface area contributed by atoms with Gasteiger partial charge < -0.3 is 28.6 Å². The van der Waals surface area contributed by atoms with Crippen LogP contribution in [0.2, 0.25) is 0 Å². The summed E-state index contributed by atoms with van der Waals surface area (Å²) in [5.74, 6) is 2.58. The minimum atomic E-state index is -0.338. The first kappa shape index (κ1) is 22.3. The molecule has 0 radical (unpaired) electrons. The number of carbonyl (C=O) groups is 1. The zero-order valence-corrected chi connectivity index (χ0v) is 18.9. The van der Waals surface area contributed by atoms with Gasteiger partial charge in [-0.3, -0.25) is 0 Å². The van der Waals surface area contributed by atoms with Crippen molar-refractivity contribution in [3.8, 4) is 23.0 Å². The van der Waals surface area contributed by atoms with Crippen LogP contribution >= 0.6 is 0 Å². The molecule has 3 aromatic carbocycles. The summed E-state index contributed by atoms with van der Waals surface area (Å²) in [5.41, 5.74) is 1.04. The highest BCUT2D eigenvalue weighted by atomic mass is 16.6. The Hall–Kier alpha value is -3.35. The molecule has 0 spiro atoms. The fourth-order valence-electron chi connectivity index (χ4n) is 3.76. The lowest BCUT2D eigenvalue weighted by atomic mass is 9.95. The molecular formula is C24H29NO6. The van der Waals surface area contributed by atoms with Crippen molar-refractivity contribution in [2.75, 3.05) is 48.6 Å². The van der Waals surface area contributed by atoms with Crippen molar-refractivity contribution >= 4 is 27.6 Å². The van der Waals surface area contributed by atoms with Crippen LogP contribution in [0.3, 0.4) is 0 Å². The van der Waals surface area contributed by atoms with Gasteiger partial charge in [-0.2, -0.15) is 0 Å². The molecule has 3 rings (SSSR count). The minimum absolute atomic E-state index is 0.338. The summed E-state index contributed by atoms with van der Waals surface area (Å²) < 4.78 is 27.5. The van der Waals surface area contributed by atoms with Crippen molar-refractivity contribution in [3.63, 3.8) is 0 Å². The van der Waals surface area contributed by atoms with E-state index in [4.69, 9.17) is 23.7 Å². The maximum absolute atomic E-state index is 12.0. The lowest BCUT2D eigenvalue weighted by Crippen LogP contribution is -2.29. The molecule has 31 heavy (non-hydrogen) atoms. The number of ether oxygens (including phenoxy) is 5. The Labute approximate surface area is 182 Å². The Balaban J connectivity index is 2.20. The Bertz CT molecular complexity index is 1090. The number of nitrogens with zero attached hydrogens (tertiary/aromatic N) is 1. The molecule has 0 unspecified atom stereocenters. The second-order valence-electron chi connectivity index (χ2n) is 7.06. The van der Waals surface area contributed by atoms with Crippen LogP contribution in [0.5, 0.6) is 23.0 Å². The first-order valence-electron chi connectivity index (χ1n) is 10.1. The predicted octanol–water partition coefficient (Wildman–Crippen LogP) is 4.66. The summed E-state index contributed by atoms with van der Waals surface area (Å²) in [6.07, 6.45) is 0.292. The zero-order valence-electron chi connectivity index (χ0n) is 18.9. The lowest BCUT2D eigenvalue weighted by molar-refractivity contribution is 0.116. The number of likely N-dealkylation sites (N-methyl/N-ethyl adjacent to an activating group) is 1. The SMILES string of the molecule is CCOC(=O)N(C)CCc1cc(OC)c(OC)c2c1ccc1cc(OC)c(OC)cc12. The number of hydrogen-bond acceptors (Lipinski definition) is 6. The third-order valence-electron chi connectivity index (χ3n) is 5.35. The van der Waals surface area contributed by atoms with Crippen molar-refractivity contribution in [3.05, 3.63) is 35.9 Å². The molecule has 3 aromatic rings. The third kappa shape index (κ3) is 4.26. The van der Waals surface area contributed by atoms with Gasteiger partial charge in [-0.15, -0.1) is 0 Å². The number of carbonyl (C=O) groups excluding carboxylic acids is 1. The van der Waals surface area contributed by atoms with Gasteiger partial charge in [0.15, 0.2) is 23.0 Å². The van der Waals surface area contributed by atoms with E-state index in [1.54, 1.807) is 47.3 Å². The molecule has 0 heterocycles. The molecule has 0 aromatic heterocycles. The molecule has 1 amide bonds. The summed E-state index contributed by atoms with van der Waals surface area (Å²) in [6.45, 7) is 2.65. The predicted molar refractivity (Wildman–Crippen MR) is 121 cm³/mol. The van der Waals surface area contributed by atoms with Crippen LogP contribution in [-0.2, 0) is 11.2 Å². The molecule has 0 bridgehead atoms. The minimum Gasteiger partial charge on any atom is -0.493 e. The molecule has 0 atom stereocenters. The highest BCUT2D eigenvalue weighted by Crippen LogP contribution is 2.44. The van der Waals surface area contributed by atoms with Crippen molar-refractivity contribution in [1.82, 2.24) is 4.90 Å². The van der Waals surface area contributed by atoms with Gasteiger partial charge in [0.1, 0.15) is 0 Å². The summed E-state index contributed by atoms with van der Waals surface area (Å²) in [7, 11) is 8.21. The van der Waals surface area contributed by atoms with Crippen molar-refractivity contribution in [1.29, 1.82) is 0 Å². The second-order valence-corrected chi connectivity index (χ2v) is 7.06. The zero-order chi connectivity index (χ0) is 22.5. The Morgan fingerprint density at radius 3 is 2.16 bits per heavy atom. The van der Waals surface area contributed by atoms with Crippen LogP contribution < -0.4 is 18.9 Å². The Morgan fingerprint density at radius 1 is 0.871 bits per heavy atom. The summed E-state index contributed by atoms with van der Waals surface area (Å²) in [4.78, 5) is 13.6. The maximum atomic E-state index is 12.0. The number of methoxy groups -OCH3 is 4. The lowest BCUT2D eigenvalue weighted by Gasteiger charge is -2.20. The molecule has 0 N–H and O–H groups in total. The maximum Gasteiger partial charge on any atom is 0.409 e. The number of rotatable bonds is 8. The van der Waals surface area contributed by atoms with Crippen molar-refractivity contribution in [2.24, 2.45) is 0 Å². The average Bonchev–Trinajstić information content (AvgIpc) is 2.80. The largest absolute Gasteiger partial charge is 0.493 e. The number of fused-ring (bicyclic) bond motifs is 3. The summed E-state index contributed by atoms with van der Waals surface area (Å²) in [6, 6.07) is 9.97. The van der Waals surface area contributed by atoms with Gasteiger partial charge in [0.25, 0.3) is 0 Å². The molecule has 7 nitrogen and oxygen atoms in total. The van der Waals surface area contributed by atoms with Crippen LogP contribution in [0.1, 0.15) is 12.5 Å². The van der Waals surface area contributed by atoms with Crippen LogP contribution in [0.15, 0.2) is 30.3 Å². The highest BCUT2D eigenvalue weighted by Gasteiger charge is 2.19. The van der Waals surface area contributed by atoms with E-state index in [9.17, 15) is 4.79 Å². The topological polar surface area (TPSA) is 66.5 Å². The highest BCUT2D eigenvalue weighted by molar-refractivity contribution is 6.13. The molecule has 0 aliphatic rings. The van der Waals surface area contributed by atoms with E-state index in [0.29, 0.717) is 42.6 Å². The molecular weight excluding hydrogens is 398 g/mol. The number of benzene rings is 3. The first-order valence-corrected chi connectivity index (χ1v) is 10.1. The van der Waals surface area contributed by atoms with Gasteiger partial charge in [0.2, 0.25) is 0 Å². The summed E-state index contributed by atoms with van der Waals surface area (Å²) in [5, 5.41) is 3.90. The van der Waals surface area contributed by atoms with Gasteiger partial charge >= 0.3 is 6.09 Å². The van der Waals surface area contributed by atoms with Crippen LogP contribution in [0, 0.1) is 0 Å². The van der Waals surface area contributed by atoms with E-state index in [1.165, 1.54) is 0 Å². The average molecular weight is 427 g/mol. The van der Waals surface area contributed by atoms with Gasteiger partial charge in [0.05, 0.1) is 35.0 Å². The van der Waals surface area contributed by atoms with E-state index in [0.717, 1.165) is 27.1 Å². The Morgan fingerprint density at radius 2 is 1.55 bits per heavy atom. The second kappa shape index (κ2) is 9.64. The fourth-order valence-corrected chi connectivity index (χ4v) is 3.76. The number of amides is 1. The molecule has 0 saturated heterocycles. The molecule has 0 aliphatic heterocycles. The van der Waals surface area contributed by atoms with Gasteiger partial charge in [-0.25, -0.2) is 4.79 Å². The van der Waals surface area contributed by atoms with Crippen LogP contribution in [0.25, 0.3) is 21.5 Å². The van der Waals surface area contributed by atoms with Gasteiger partial charge in [-0.1, -0.05) is 12.1 Å². The summed E-state index contributed by atoms with van der Waals surface area (Å²) >= 11 is 0. The first-order chi connectivity index (χ1) is 15.0. The molecule has 7 heteroatoms. The van der Waals surface area contributed by atoms with Crippen LogP contribution in [0.4, 0.5) is 4.79 Å². The molecule has 166 valence electrons. The Kier molecular flexibility index (Phi) is 6.95. The fraction of sp³-hybridized carbons (Fsp3) is 0.375. The monoisotopic (exact) mass is 427 g/mol. The smallest absolute Gasteiger partial charge is 0.409 e. The molecule has 0 saturated carbocycles. The van der Waals surface area contributed by atoms with Gasteiger partial charge in [-0.05, 0) is 53.3 Å². The quantitative estimate of drug-likeness (QED) is 0.487. The third-order valence-corrected chi connectivity index (χ3v) is 5.35. The standard InChI is InChI=1S/C24H29NO6/c1-7-31-24(26)25(2)11-10-16-13-21(29-5)23(30-6)22-17(16)9-8-15-12-19(27-3)20(28-4)14-18(15)22/h8-9,12-14H,7,10-11H2,1-6H3. The van der Waals surface area contributed by atoms with Gasteiger partial charge in [0, 0.05) is 19.0 Å². The van der Waals surface area contributed by atoms with E-state index in [1.807, 2.05) is 24.3 Å². The van der Waals surface area contributed by atoms with Crippen molar-refractivity contribution in [2.45, 2.75) is 13.3 Å². The van der Waals surface area contributed by atoms with E-state index in [-0.39, 0.29) is 6.09 Å². The molecule has 0 fully saturated rings. The normalized spacial score (nSPS) is 10.8. The van der Waals surface area contributed by atoms with E-state index >= 15 is 0 Å². The van der Waals surface area contributed by atoms with Crippen LogP contribution in [-0.4, -0.2) is 59.6 Å².